The van der Waals surface area contributed by atoms with Gasteiger partial charge in [0.25, 0.3) is 0 Å². The van der Waals surface area contributed by atoms with Crippen LogP contribution in [0.2, 0.25) is 0 Å². The van der Waals surface area contributed by atoms with Gasteiger partial charge in [-0.1, -0.05) is 18.2 Å². The van der Waals surface area contributed by atoms with E-state index in [2.05, 4.69) is 5.32 Å². The molecule has 2 atom stereocenters. The summed E-state index contributed by atoms with van der Waals surface area (Å²) in [5.74, 6) is -0.233. The van der Waals surface area contributed by atoms with Gasteiger partial charge in [-0.15, -0.1) is 0 Å². The highest BCUT2D eigenvalue weighted by Crippen LogP contribution is 2.27. The third-order valence-electron chi connectivity index (χ3n) is 3.03. The lowest BCUT2D eigenvalue weighted by Gasteiger charge is -2.30. The number of benzene rings is 1. The summed E-state index contributed by atoms with van der Waals surface area (Å²) in [6.07, 6.45) is 0. The van der Waals surface area contributed by atoms with Crippen LogP contribution in [0, 0.1) is 5.82 Å². The first kappa shape index (κ1) is 11.5. The maximum absolute atomic E-state index is 13.6. The van der Waals surface area contributed by atoms with Gasteiger partial charge in [0.2, 0.25) is 0 Å². The average molecular weight is 243 g/mol. The SMILES string of the molecule is CC1C(c2ccccc2F)NCCS1(=O)=O. The predicted molar refractivity (Wildman–Crippen MR) is 60.4 cm³/mol. The molecule has 1 aliphatic heterocycles. The number of nitrogens with one attached hydrogen (secondary N) is 1. The number of rotatable bonds is 1. The lowest BCUT2D eigenvalue weighted by molar-refractivity contribution is 0.465. The molecule has 1 aromatic rings. The van der Waals surface area contributed by atoms with E-state index < -0.39 is 21.1 Å². The van der Waals surface area contributed by atoms with E-state index in [0.29, 0.717) is 12.1 Å². The fourth-order valence-corrected chi connectivity index (χ4v) is 3.44. The normalized spacial score (nSPS) is 28.9. The van der Waals surface area contributed by atoms with Gasteiger partial charge in [0.05, 0.1) is 17.0 Å². The van der Waals surface area contributed by atoms with E-state index in [-0.39, 0.29) is 11.6 Å². The lowest BCUT2D eigenvalue weighted by atomic mass is 10.0. The van der Waals surface area contributed by atoms with Crippen LogP contribution in [0.3, 0.4) is 0 Å². The molecule has 1 aromatic carbocycles. The Morgan fingerprint density at radius 3 is 2.75 bits per heavy atom. The largest absolute Gasteiger partial charge is 0.308 e. The molecule has 0 radical (unpaired) electrons. The standard InChI is InChI=1S/C11H14FNO2S/c1-8-11(13-6-7-16(8,14)15)9-4-2-3-5-10(9)12/h2-5,8,11,13H,6-7H2,1H3. The second-order valence-electron chi connectivity index (χ2n) is 4.03. The van der Waals surface area contributed by atoms with Gasteiger partial charge < -0.3 is 5.32 Å². The first-order valence-corrected chi connectivity index (χ1v) is 6.93. The Balaban J connectivity index is 2.38. The highest BCUT2D eigenvalue weighted by molar-refractivity contribution is 7.92. The van der Waals surface area contributed by atoms with Crippen molar-refractivity contribution in [3.63, 3.8) is 0 Å². The molecule has 2 unspecified atom stereocenters. The van der Waals surface area contributed by atoms with Crippen LogP contribution in [-0.4, -0.2) is 26.0 Å². The summed E-state index contributed by atoms with van der Waals surface area (Å²) in [6, 6.07) is 5.85. The van der Waals surface area contributed by atoms with Gasteiger partial charge in [0.1, 0.15) is 5.82 Å². The number of hydrogen-bond donors (Lipinski definition) is 1. The zero-order valence-electron chi connectivity index (χ0n) is 8.98. The Morgan fingerprint density at radius 1 is 1.38 bits per heavy atom. The molecular formula is C11H14FNO2S. The molecule has 88 valence electrons. The van der Waals surface area contributed by atoms with Crippen molar-refractivity contribution in [1.82, 2.24) is 5.32 Å². The number of halogens is 1. The Kier molecular flexibility index (Phi) is 2.99. The molecule has 0 amide bonds. The Morgan fingerprint density at radius 2 is 2.06 bits per heavy atom. The highest BCUT2D eigenvalue weighted by atomic mass is 32.2. The van der Waals surface area contributed by atoms with Crippen molar-refractivity contribution >= 4 is 9.84 Å². The summed E-state index contributed by atoms with van der Waals surface area (Å²) in [7, 11) is -3.10. The van der Waals surface area contributed by atoms with E-state index in [4.69, 9.17) is 0 Å². The van der Waals surface area contributed by atoms with Crippen LogP contribution in [0.4, 0.5) is 4.39 Å². The first-order valence-electron chi connectivity index (χ1n) is 5.22. The third kappa shape index (κ3) is 1.97. The van der Waals surface area contributed by atoms with Crippen LogP contribution in [0.1, 0.15) is 18.5 Å². The van der Waals surface area contributed by atoms with Gasteiger partial charge in [0, 0.05) is 12.1 Å². The van der Waals surface area contributed by atoms with Gasteiger partial charge >= 0.3 is 0 Å². The summed E-state index contributed by atoms with van der Waals surface area (Å²) in [5, 5.41) is 2.48. The molecule has 0 bridgehead atoms. The van der Waals surface area contributed by atoms with Crippen molar-refractivity contribution in [1.29, 1.82) is 0 Å². The van der Waals surface area contributed by atoms with Crippen LogP contribution < -0.4 is 5.32 Å². The first-order chi connectivity index (χ1) is 7.52. The zero-order valence-corrected chi connectivity index (χ0v) is 9.80. The van der Waals surface area contributed by atoms with E-state index in [0.717, 1.165) is 0 Å². The van der Waals surface area contributed by atoms with Crippen molar-refractivity contribution in [3.05, 3.63) is 35.6 Å². The minimum absolute atomic E-state index is 0.124. The van der Waals surface area contributed by atoms with Gasteiger partial charge in [-0.25, -0.2) is 12.8 Å². The van der Waals surface area contributed by atoms with Crippen molar-refractivity contribution in [2.45, 2.75) is 18.2 Å². The Bertz CT molecular complexity index is 487. The maximum atomic E-state index is 13.6. The highest BCUT2D eigenvalue weighted by Gasteiger charge is 2.35. The molecule has 0 aliphatic carbocycles. The van der Waals surface area contributed by atoms with Crippen LogP contribution in [0.15, 0.2) is 24.3 Å². The van der Waals surface area contributed by atoms with Gasteiger partial charge in [-0.05, 0) is 13.0 Å². The fraction of sp³-hybridized carbons (Fsp3) is 0.455. The smallest absolute Gasteiger partial charge is 0.156 e. The molecule has 2 rings (SSSR count). The Labute approximate surface area is 94.6 Å². The Hall–Kier alpha value is -0.940. The molecule has 1 saturated heterocycles. The average Bonchev–Trinajstić information content (AvgIpc) is 2.23. The van der Waals surface area contributed by atoms with Crippen molar-refractivity contribution in [2.24, 2.45) is 0 Å². The molecule has 3 nitrogen and oxygen atoms in total. The van der Waals surface area contributed by atoms with E-state index in [1.165, 1.54) is 6.07 Å². The summed E-state index contributed by atoms with van der Waals surface area (Å²) < 4.78 is 37.0. The lowest BCUT2D eigenvalue weighted by Crippen LogP contribution is -2.45. The summed E-state index contributed by atoms with van der Waals surface area (Å²) in [4.78, 5) is 0. The van der Waals surface area contributed by atoms with Gasteiger partial charge in [-0.3, -0.25) is 0 Å². The molecule has 1 fully saturated rings. The fourth-order valence-electron chi connectivity index (χ4n) is 2.01. The monoisotopic (exact) mass is 243 g/mol. The summed E-state index contributed by atoms with van der Waals surface area (Å²) >= 11 is 0. The van der Waals surface area contributed by atoms with Gasteiger partial charge in [0.15, 0.2) is 9.84 Å². The minimum atomic E-state index is -3.10. The molecule has 16 heavy (non-hydrogen) atoms. The molecular weight excluding hydrogens is 229 g/mol. The molecule has 5 heteroatoms. The topological polar surface area (TPSA) is 46.2 Å². The van der Waals surface area contributed by atoms with E-state index >= 15 is 0 Å². The minimum Gasteiger partial charge on any atom is -0.308 e. The molecule has 0 saturated carbocycles. The van der Waals surface area contributed by atoms with Crippen LogP contribution in [0.5, 0.6) is 0 Å². The predicted octanol–water partition coefficient (Wildman–Crippen LogP) is 1.27. The van der Waals surface area contributed by atoms with Crippen molar-refractivity contribution in [3.8, 4) is 0 Å². The van der Waals surface area contributed by atoms with Crippen LogP contribution in [-0.2, 0) is 9.84 Å². The molecule has 1 N–H and O–H groups in total. The third-order valence-corrected chi connectivity index (χ3v) is 5.21. The molecule has 1 heterocycles. The van der Waals surface area contributed by atoms with Crippen LogP contribution >= 0.6 is 0 Å². The number of hydrogen-bond acceptors (Lipinski definition) is 3. The second-order valence-corrected chi connectivity index (χ2v) is 6.50. The van der Waals surface area contributed by atoms with Crippen LogP contribution in [0.25, 0.3) is 0 Å². The van der Waals surface area contributed by atoms with Gasteiger partial charge in [-0.2, -0.15) is 0 Å². The summed E-state index contributed by atoms with van der Waals surface area (Å²) in [5.41, 5.74) is 0.429. The second kappa shape index (κ2) is 4.14. The molecule has 0 aromatic heterocycles. The van der Waals surface area contributed by atoms with Crippen molar-refractivity contribution in [2.75, 3.05) is 12.3 Å². The van der Waals surface area contributed by atoms with E-state index in [9.17, 15) is 12.8 Å². The zero-order chi connectivity index (χ0) is 11.8. The molecule has 1 aliphatic rings. The summed E-state index contributed by atoms with van der Waals surface area (Å²) in [6.45, 7) is 2.00. The van der Waals surface area contributed by atoms with E-state index in [1.807, 2.05) is 0 Å². The van der Waals surface area contributed by atoms with Crippen molar-refractivity contribution < 1.29 is 12.8 Å². The molecule has 0 spiro atoms. The maximum Gasteiger partial charge on any atom is 0.156 e. The van der Waals surface area contributed by atoms with E-state index in [1.54, 1.807) is 25.1 Å². The number of sulfone groups is 1. The quantitative estimate of drug-likeness (QED) is 0.808.